The van der Waals surface area contributed by atoms with Crippen molar-refractivity contribution < 1.29 is 155 Å². The summed E-state index contributed by atoms with van der Waals surface area (Å²) < 4.78 is 184. The monoisotopic (exact) mass is 2210 g/mol. The normalized spacial score (nSPS) is 32.1. The number of ether oxygens (including phenoxy) is 12. The second kappa shape index (κ2) is 41.8. The van der Waals surface area contributed by atoms with Crippen LogP contribution in [0.3, 0.4) is 0 Å². The highest BCUT2D eigenvalue weighted by Gasteiger charge is 2.72. The summed E-state index contributed by atoms with van der Waals surface area (Å²) >= 11 is 22.1. The van der Waals surface area contributed by atoms with Crippen molar-refractivity contribution in [2.24, 2.45) is 0 Å². The summed E-state index contributed by atoms with van der Waals surface area (Å²) in [5.74, 6) is -0.821. The molecule has 72 heteroatoms. The number of phosphoric acid groups is 2. The molecule has 4 bridgehead atoms. The summed E-state index contributed by atoms with van der Waals surface area (Å²) in [4.78, 5) is 218. The molecule has 0 amide bonds. The zero-order chi connectivity index (χ0) is 103. The van der Waals surface area contributed by atoms with Crippen LogP contribution in [0.4, 0.5) is 17.7 Å². The van der Waals surface area contributed by atoms with Crippen LogP contribution >= 0.6 is 42.5 Å². The second-order valence-corrected chi connectivity index (χ2v) is 47.7. The van der Waals surface area contributed by atoms with E-state index in [1.807, 2.05) is 0 Å². The lowest BCUT2D eigenvalue weighted by Gasteiger charge is -2.37. The van der Waals surface area contributed by atoms with Crippen molar-refractivity contribution in [1.29, 1.82) is 0 Å². The molecular weight excluding hydrogens is 2120 g/mol. The number of nitrogens with two attached hydrogens (primary N) is 3. The fraction of sp³-hybridized carbons (Fsp3) is 0.620. The van der Waals surface area contributed by atoms with Crippen molar-refractivity contribution in [3.63, 3.8) is 0 Å². The SMILES string of the molecule is COCCOC1[C@@H](OP(O)(=S)OC[C@H]2O[C@@H](n3cnc4c(=O)[nH]c(N)nc43)C(OCCOC)[C@H]2OP(=O)(O)OC[C@]23O[C@@H](n4cc(C)c(=O)[nH]c4=O)C(O[C@H]2C)[C@H]3OP(=O)(O)OC[C@]23O[C@@H](n4cnc5c(=O)[nH]c(N)nc54)C(O[C@H]2C)[C@H]3OP(O)(=S)OC[C@H]2O[C@@H](n3cc(C)c(=O)[nH]c3=O)C[C@H]2OP(O)(=S)OC[C@H]2O[C@@H](n3cc(C)c(=O)[nH]c3=O)C[C@H]2OP(O)(=S)OC)[C@@H](CO)O[C@H]1n1cnc2c(N)ncnc21. The number of aliphatic hydroxyl groups excluding tert-OH is 1. The van der Waals surface area contributed by atoms with Crippen LogP contribution in [0, 0.1) is 20.8 Å². The summed E-state index contributed by atoms with van der Waals surface area (Å²) in [7, 11) is -8.11. The molecule has 0 spiro atoms. The number of H-pyrrole nitrogens is 5. The number of rotatable bonds is 43. The predicted molar refractivity (Wildman–Crippen MR) is 494 cm³/mol. The van der Waals surface area contributed by atoms with Gasteiger partial charge in [0.05, 0.1) is 109 Å². The van der Waals surface area contributed by atoms with Crippen LogP contribution in [-0.4, -0.2) is 318 Å². The molecule has 8 aliphatic rings. The average Bonchev–Trinajstić information content (AvgIpc) is 1.05. The first-order valence-corrected chi connectivity index (χ1v) is 56.2. The molecule has 10 unspecified atom stereocenters. The molecule has 17 heterocycles. The molecule has 0 aromatic carbocycles. The number of hydrogen-bond donors (Lipinski definition) is 15. The number of imidazole rings is 3. The Morgan fingerprint density at radius 1 is 0.441 bits per heavy atom. The van der Waals surface area contributed by atoms with E-state index in [1.165, 1.54) is 72.3 Å². The maximum Gasteiger partial charge on any atom is 0.472 e. The van der Waals surface area contributed by atoms with Gasteiger partial charge in [-0.1, -0.05) is 0 Å². The Labute approximate surface area is 820 Å². The zero-order valence-electron chi connectivity index (χ0n) is 75.6. The lowest BCUT2D eigenvalue weighted by molar-refractivity contribution is -0.218. The first-order valence-electron chi connectivity index (χ1n) is 42.9. The Bertz CT molecular complexity index is 7160. The van der Waals surface area contributed by atoms with E-state index in [4.69, 9.17) is 176 Å². The maximum atomic E-state index is 15.5. The predicted octanol–water partition coefficient (Wildman–Crippen LogP) is -2.94. The van der Waals surface area contributed by atoms with Gasteiger partial charge in [-0.25, -0.2) is 48.4 Å². The Hall–Kier alpha value is -7.49. The van der Waals surface area contributed by atoms with Gasteiger partial charge in [0.15, 0.2) is 58.7 Å². The van der Waals surface area contributed by atoms with E-state index in [2.05, 4.69) is 59.8 Å². The fourth-order valence-corrected chi connectivity index (χ4v) is 25.0. The molecule has 0 saturated carbocycles. The molecule has 17 rings (SSSR count). The number of aromatic amines is 5. The van der Waals surface area contributed by atoms with Gasteiger partial charge in [-0.15, -0.1) is 0 Å². The standard InChI is InChI=1S/C71H95N21O41P6S4/c1-28-15-87(67(99)84-56(28)94)39-13-33(128-136(106,140)112-8)36(122-39)19-115-137(107,141)129-34-14-40(88-16-29(2)57(95)85-68(88)100)123-37(34)20-116-139(109,143)133-51-49-64(92-27-79-43-55(92)81-66(74)83-60(43)98)127-71(51,32(5)121-49)23-119-135(104,105)132-50-48-63(89-17-30(3)58(96)86-69(89)101)126-70(50,31(4)120-48)22-118-134(102,103)130-45-38(125-62(47(45)114-12-10-111-7)91-26-78-42-54(91)80-65(73)82-59(42)97)21-117-138(108,142)131-44-35(18-93)124-61(46(44)113-11-9-110-6)90-25-77-41-52(72)75-24-76-53(41)90/h15-17,24-27,31-40,44-51,61-64,93H,9-14,18-23H2,1-8H3,(H,102,103)(H,104,105)(H,106,140)(H,107,141)(H,108,142)(H,109,143)(H2,72,75,76)(H,84,94,99)(H,85,95,100)(H,86,96,101)(H3,73,80,82,97)(H3,74,81,83,98)/t31-,32-,33+,34+,35+,36+,37+,38+,39+,40+,44-,45-,46?,47?,48?,49?,50+,51+,61+,62+,63+,64+,70-,71-,136?,137?,138?,139?/m0/s1. The van der Waals surface area contributed by atoms with Gasteiger partial charge in [-0.2, -0.15) is 9.97 Å². The fourth-order valence-electron chi connectivity index (χ4n) is 17.6. The largest absolute Gasteiger partial charge is 0.472 e. The van der Waals surface area contributed by atoms with Crippen molar-refractivity contribution in [3.05, 3.63) is 144 Å². The first kappa shape index (κ1) is 107. The molecule has 0 aliphatic carbocycles. The van der Waals surface area contributed by atoms with Crippen LogP contribution in [-0.2, 0) is 167 Å². The number of aliphatic hydroxyl groups is 1. The van der Waals surface area contributed by atoms with Crippen LogP contribution in [0.1, 0.15) is 80.7 Å². The number of phosphoric ester groups is 2. The van der Waals surface area contributed by atoms with Crippen molar-refractivity contribution in [3.8, 4) is 0 Å². The zero-order valence-corrected chi connectivity index (χ0v) is 84.2. The van der Waals surface area contributed by atoms with Crippen molar-refractivity contribution in [1.82, 2.24) is 87.2 Å². The average molecular weight is 2210 g/mol. The summed E-state index contributed by atoms with van der Waals surface area (Å²) in [5.41, 5.74) is 5.61. The highest BCUT2D eigenvalue weighted by molar-refractivity contribution is 8.08. The molecule has 62 nitrogen and oxygen atoms in total. The van der Waals surface area contributed by atoms with Gasteiger partial charge >= 0.3 is 59.6 Å². The van der Waals surface area contributed by atoms with Gasteiger partial charge in [0.1, 0.15) is 109 Å². The number of nitrogens with one attached hydrogen (secondary N) is 5. The Morgan fingerprint density at radius 2 is 0.846 bits per heavy atom. The lowest BCUT2D eigenvalue weighted by atomic mass is 9.94. The Morgan fingerprint density at radius 3 is 1.33 bits per heavy atom. The number of aromatic nitrogens is 18. The molecule has 9 aromatic heterocycles. The molecule has 30 atom stereocenters. The van der Waals surface area contributed by atoms with Gasteiger partial charge in [0.2, 0.25) is 11.9 Å². The van der Waals surface area contributed by atoms with Crippen LogP contribution in [0.25, 0.3) is 33.5 Å². The third-order valence-corrected chi connectivity index (χ3v) is 32.8. The number of nitrogens with zero attached hydrogens (tertiary/aromatic N) is 13. The van der Waals surface area contributed by atoms with Gasteiger partial charge in [0.25, 0.3) is 27.8 Å². The van der Waals surface area contributed by atoms with Crippen LogP contribution < -0.4 is 62.1 Å². The molecular formula is C71H95N21O41P6S4. The molecule has 784 valence electrons. The van der Waals surface area contributed by atoms with E-state index in [0.29, 0.717) is 0 Å². The highest BCUT2D eigenvalue weighted by atomic mass is 32.5. The molecule has 8 aliphatic heterocycles. The van der Waals surface area contributed by atoms with E-state index in [9.17, 15) is 72.8 Å². The second-order valence-electron chi connectivity index (χ2n) is 33.6. The highest BCUT2D eigenvalue weighted by Crippen LogP contribution is 2.64. The number of hydrogen-bond acceptors (Lipinski definition) is 49. The molecule has 8 fully saturated rings. The minimum absolute atomic E-state index is 0.00588. The maximum absolute atomic E-state index is 15.5. The molecule has 8 saturated heterocycles. The third-order valence-electron chi connectivity index (χ3n) is 24.5. The summed E-state index contributed by atoms with van der Waals surface area (Å²) in [6.07, 6.45) is -27.2. The minimum Gasteiger partial charge on any atom is -0.394 e. The van der Waals surface area contributed by atoms with Gasteiger partial charge in [-0.3, -0.25) is 103 Å². The molecule has 143 heavy (non-hydrogen) atoms. The van der Waals surface area contributed by atoms with Gasteiger partial charge in [0, 0.05) is 69.5 Å². The van der Waals surface area contributed by atoms with Crippen LogP contribution in [0.5, 0.6) is 0 Å². The van der Waals surface area contributed by atoms with E-state index < -0.39 is 292 Å². The van der Waals surface area contributed by atoms with Crippen molar-refractivity contribution in [2.45, 2.75) is 194 Å². The molecule has 0 radical (unpaired) electrons. The number of nitrogen functional groups attached to an aromatic ring is 3. The van der Waals surface area contributed by atoms with Crippen LogP contribution in [0.15, 0.2) is 82.3 Å². The van der Waals surface area contributed by atoms with E-state index in [0.717, 1.165) is 55.0 Å². The molecule has 18 N–H and O–H groups in total. The number of aryl methyl sites for hydroxylation is 3. The van der Waals surface area contributed by atoms with Crippen molar-refractivity contribution in [2.75, 3.05) is 105 Å². The summed E-state index contributed by atoms with van der Waals surface area (Å²) in [5, 5.41) is 10.8. The summed E-state index contributed by atoms with van der Waals surface area (Å²) in [6.45, 7) is -18.3. The van der Waals surface area contributed by atoms with Crippen LogP contribution in [0.2, 0.25) is 0 Å². The number of fused-ring (bicyclic) bond motifs is 7. The Kier molecular flexibility index (Phi) is 31.2. The smallest absolute Gasteiger partial charge is 0.394 e. The molecule has 9 aromatic rings. The minimum atomic E-state index is -5.97. The van der Waals surface area contributed by atoms with E-state index in [1.54, 1.807) is 0 Å². The number of methoxy groups -OCH3 is 2. The van der Waals surface area contributed by atoms with Crippen molar-refractivity contribution >= 4 is 141 Å². The van der Waals surface area contributed by atoms with E-state index >= 15 is 9.13 Å². The van der Waals surface area contributed by atoms with Gasteiger partial charge in [-0.05, 0) is 81.8 Å². The van der Waals surface area contributed by atoms with Gasteiger partial charge < -0.3 is 136 Å². The number of anilines is 3. The summed E-state index contributed by atoms with van der Waals surface area (Å²) in [6, 6.07) is 0. The topological polar surface area (TPSA) is 811 Å². The third kappa shape index (κ3) is 21.9. The van der Waals surface area contributed by atoms with E-state index in [-0.39, 0.29) is 88.8 Å². The quantitative estimate of drug-likeness (QED) is 0.0134. The first-order chi connectivity index (χ1) is 67.6. The Balaban J connectivity index is 0.648. The lowest BCUT2D eigenvalue weighted by Crippen LogP contribution is -2.51.